The van der Waals surface area contributed by atoms with E-state index in [0.717, 1.165) is 18.3 Å². The van der Waals surface area contributed by atoms with Gasteiger partial charge in [0.2, 0.25) is 0 Å². The minimum atomic E-state index is 0.739. The lowest BCUT2D eigenvalue weighted by molar-refractivity contribution is 0.688. The van der Waals surface area contributed by atoms with Crippen LogP contribution in [0.3, 0.4) is 0 Å². The Kier molecular flexibility index (Phi) is 2.92. The molecule has 1 N–H and O–H groups in total. The summed E-state index contributed by atoms with van der Waals surface area (Å²) in [6.07, 6.45) is 4.64. The molecule has 0 amide bonds. The van der Waals surface area contributed by atoms with E-state index in [1.807, 2.05) is 17.9 Å². The first kappa shape index (κ1) is 11.5. The summed E-state index contributed by atoms with van der Waals surface area (Å²) in [5.74, 6) is 0. The molecule has 1 saturated carbocycles. The first-order valence-electron chi connectivity index (χ1n) is 6.55. The van der Waals surface area contributed by atoms with E-state index in [1.165, 1.54) is 29.5 Å². The van der Waals surface area contributed by atoms with Gasteiger partial charge in [0.1, 0.15) is 0 Å². The number of aromatic nitrogens is 2. The Balaban J connectivity index is 1.91. The molecule has 3 rings (SSSR count). The number of nitrogens with one attached hydrogen (secondary N) is 1. The Bertz CT molecular complexity index is 553. The zero-order chi connectivity index (χ0) is 12.5. The Morgan fingerprint density at radius 3 is 2.83 bits per heavy atom. The summed E-state index contributed by atoms with van der Waals surface area (Å²) in [7, 11) is 1.96. The van der Waals surface area contributed by atoms with E-state index in [0.29, 0.717) is 0 Å². The predicted octanol–water partition coefficient (Wildman–Crippen LogP) is 2.65. The zero-order valence-electron chi connectivity index (χ0n) is 11.0. The van der Waals surface area contributed by atoms with Crippen LogP contribution in [0.5, 0.6) is 0 Å². The van der Waals surface area contributed by atoms with Crippen LogP contribution in [0.1, 0.15) is 24.0 Å². The Hall–Kier alpha value is -1.61. The number of hydrogen-bond donors (Lipinski definition) is 1. The van der Waals surface area contributed by atoms with Gasteiger partial charge < -0.3 is 5.32 Å². The Morgan fingerprint density at radius 1 is 1.33 bits per heavy atom. The summed E-state index contributed by atoms with van der Waals surface area (Å²) in [5, 5.41) is 8.09. The van der Waals surface area contributed by atoms with Crippen molar-refractivity contribution in [3.05, 3.63) is 41.6 Å². The van der Waals surface area contributed by atoms with Crippen molar-refractivity contribution in [1.29, 1.82) is 0 Å². The molecule has 0 radical (unpaired) electrons. The smallest absolute Gasteiger partial charge is 0.0926 e. The second-order valence-electron chi connectivity index (χ2n) is 5.19. The van der Waals surface area contributed by atoms with Crippen molar-refractivity contribution in [3.63, 3.8) is 0 Å². The van der Waals surface area contributed by atoms with Crippen LogP contribution in [0.15, 0.2) is 30.5 Å². The lowest BCUT2D eigenvalue weighted by Gasteiger charge is -2.09. The van der Waals surface area contributed by atoms with E-state index in [9.17, 15) is 0 Å². The third-order valence-corrected chi connectivity index (χ3v) is 3.41. The molecule has 0 spiro atoms. The fourth-order valence-electron chi connectivity index (χ4n) is 2.18. The minimum Gasteiger partial charge on any atom is -0.310 e. The van der Waals surface area contributed by atoms with Gasteiger partial charge in [0.25, 0.3) is 0 Å². The molecule has 94 valence electrons. The summed E-state index contributed by atoms with van der Waals surface area (Å²) in [5.41, 5.74) is 4.94. The maximum absolute atomic E-state index is 4.51. The molecule has 1 heterocycles. The molecular weight excluding hydrogens is 222 g/mol. The summed E-state index contributed by atoms with van der Waals surface area (Å²) >= 11 is 0. The van der Waals surface area contributed by atoms with E-state index in [4.69, 9.17) is 0 Å². The van der Waals surface area contributed by atoms with Crippen molar-refractivity contribution in [2.75, 3.05) is 0 Å². The van der Waals surface area contributed by atoms with Crippen molar-refractivity contribution in [3.8, 4) is 11.3 Å². The first-order chi connectivity index (χ1) is 8.72. The van der Waals surface area contributed by atoms with E-state index in [-0.39, 0.29) is 0 Å². The maximum Gasteiger partial charge on any atom is 0.0926 e. The lowest BCUT2D eigenvalue weighted by atomic mass is 10.0. The average molecular weight is 241 g/mol. The van der Waals surface area contributed by atoms with Crippen LogP contribution >= 0.6 is 0 Å². The van der Waals surface area contributed by atoms with Gasteiger partial charge in [0.15, 0.2) is 0 Å². The summed E-state index contributed by atoms with van der Waals surface area (Å²) in [6.45, 7) is 3.07. The Labute approximate surface area is 108 Å². The molecule has 0 atom stereocenters. The van der Waals surface area contributed by atoms with Crippen molar-refractivity contribution in [2.45, 2.75) is 32.4 Å². The van der Waals surface area contributed by atoms with Gasteiger partial charge in [0, 0.05) is 31.4 Å². The molecule has 2 aromatic rings. The van der Waals surface area contributed by atoms with Crippen molar-refractivity contribution in [2.24, 2.45) is 7.05 Å². The summed E-state index contributed by atoms with van der Waals surface area (Å²) in [6, 6.07) is 9.44. The highest BCUT2D eigenvalue weighted by Crippen LogP contribution is 2.25. The molecule has 1 aromatic heterocycles. The highest BCUT2D eigenvalue weighted by molar-refractivity contribution is 5.64. The monoisotopic (exact) mass is 241 g/mol. The number of aryl methyl sites for hydroxylation is 2. The van der Waals surface area contributed by atoms with Crippen LogP contribution in [-0.4, -0.2) is 15.8 Å². The SMILES string of the molecule is Cc1ccc(CNC2CC2)c(-c2ccn(C)n2)c1. The van der Waals surface area contributed by atoms with Crippen LogP contribution in [-0.2, 0) is 13.6 Å². The fourth-order valence-corrected chi connectivity index (χ4v) is 2.18. The zero-order valence-corrected chi connectivity index (χ0v) is 11.0. The molecule has 1 aliphatic carbocycles. The van der Waals surface area contributed by atoms with Gasteiger partial charge in [-0.1, -0.05) is 17.7 Å². The van der Waals surface area contributed by atoms with Gasteiger partial charge >= 0.3 is 0 Å². The fraction of sp³-hybridized carbons (Fsp3) is 0.400. The summed E-state index contributed by atoms with van der Waals surface area (Å²) < 4.78 is 1.86. The molecule has 1 aliphatic rings. The Morgan fingerprint density at radius 2 is 2.17 bits per heavy atom. The molecule has 0 unspecified atom stereocenters. The van der Waals surface area contributed by atoms with Crippen LogP contribution in [0.25, 0.3) is 11.3 Å². The van der Waals surface area contributed by atoms with Crippen molar-refractivity contribution < 1.29 is 0 Å². The lowest BCUT2D eigenvalue weighted by Crippen LogP contribution is -2.16. The molecule has 18 heavy (non-hydrogen) atoms. The van der Waals surface area contributed by atoms with E-state index < -0.39 is 0 Å². The number of nitrogens with zero attached hydrogens (tertiary/aromatic N) is 2. The minimum absolute atomic E-state index is 0.739. The van der Waals surface area contributed by atoms with E-state index in [1.54, 1.807) is 0 Å². The molecular formula is C15H19N3. The third kappa shape index (κ3) is 2.46. The molecule has 3 heteroatoms. The summed E-state index contributed by atoms with van der Waals surface area (Å²) in [4.78, 5) is 0. The molecule has 1 aromatic carbocycles. The van der Waals surface area contributed by atoms with Gasteiger partial charge in [-0.15, -0.1) is 0 Å². The second-order valence-corrected chi connectivity index (χ2v) is 5.19. The maximum atomic E-state index is 4.51. The van der Waals surface area contributed by atoms with Crippen LogP contribution in [0.2, 0.25) is 0 Å². The molecule has 0 saturated heterocycles. The van der Waals surface area contributed by atoms with E-state index in [2.05, 4.69) is 41.6 Å². The molecule has 1 fully saturated rings. The molecule has 0 aliphatic heterocycles. The van der Waals surface area contributed by atoms with Crippen molar-refractivity contribution in [1.82, 2.24) is 15.1 Å². The van der Waals surface area contributed by atoms with Crippen LogP contribution in [0.4, 0.5) is 0 Å². The van der Waals surface area contributed by atoms with E-state index >= 15 is 0 Å². The molecule has 3 nitrogen and oxygen atoms in total. The van der Waals surface area contributed by atoms with Gasteiger partial charge in [-0.05, 0) is 37.5 Å². The highest BCUT2D eigenvalue weighted by Gasteiger charge is 2.20. The first-order valence-corrected chi connectivity index (χ1v) is 6.55. The molecule has 0 bridgehead atoms. The van der Waals surface area contributed by atoms with Gasteiger partial charge in [-0.25, -0.2) is 0 Å². The van der Waals surface area contributed by atoms with Gasteiger partial charge in [-0.3, -0.25) is 4.68 Å². The number of benzene rings is 1. The van der Waals surface area contributed by atoms with Crippen LogP contribution in [0, 0.1) is 6.92 Å². The number of rotatable bonds is 4. The topological polar surface area (TPSA) is 29.9 Å². The van der Waals surface area contributed by atoms with Crippen molar-refractivity contribution >= 4 is 0 Å². The highest BCUT2D eigenvalue weighted by atomic mass is 15.2. The number of hydrogen-bond acceptors (Lipinski definition) is 2. The average Bonchev–Trinajstić information content (AvgIpc) is 3.09. The van der Waals surface area contributed by atoms with Crippen LogP contribution < -0.4 is 5.32 Å². The van der Waals surface area contributed by atoms with Gasteiger partial charge in [-0.2, -0.15) is 5.10 Å². The largest absolute Gasteiger partial charge is 0.310 e. The predicted molar refractivity (Wildman–Crippen MR) is 73.2 cm³/mol. The third-order valence-electron chi connectivity index (χ3n) is 3.41. The standard InChI is InChI=1S/C15H19N3/c1-11-3-4-12(10-16-13-5-6-13)14(9-11)15-7-8-18(2)17-15/h3-4,7-9,13,16H,5-6,10H2,1-2H3. The normalized spacial score (nSPS) is 15.0. The quantitative estimate of drug-likeness (QED) is 0.892. The van der Waals surface area contributed by atoms with Gasteiger partial charge in [0.05, 0.1) is 5.69 Å². The second kappa shape index (κ2) is 4.58.